The predicted molar refractivity (Wildman–Crippen MR) is 85.9 cm³/mol. The summed E-state index contributed by atoms with van der Waals surface area (Å²) in [6, 6.07) is 10.0. The molecule has 4 rings (SSSR count). The summed E-state index contributed by atoms with van der Waals surface area (Å²) in [6.45, 7) is 1.92. The Morgan fingerprint density at radius 3 is 2.00 bits per heavy atom. The molecule has 112 valence electrons. The fraction of sp³-hybridized carbons (Fsp3) is 0.0625. The predicted octanol–water partition coefficient (Wildman–Crippen LogP) is 3.20. The summed E-state index contributed by atoms with van der Waals surface area (Å²) in [4.78, 5) is 20.3. The molecule has 0 spiro atoms. The first-order valence-electron chi connectivity index (χ1n) is 6.80. The second kappa shape index (κ2) is 8.91. The maximum Gasteiger partial charge on any atom is 0.137 e. The smallest absolute Gasteiger partial charge is 0.137 e. The maximum absolute atomic E-state index is 4.13. The topological polar surface area (TPSA) is 86.0 Å². The lowest BCUT2D eigenvalue weighted by atomic mass is 10.2. The van der Waals surface area contributed by atoms with Crippen LogP contribution in [-0.2, 0) is 0 Å². The number of rotatable bonds is 1. The van der Waals surface area contributed by atoms with Crippen LogP contribution in [0.3, 0.4) is 0 Å². The molecule has 1 aromatic carbocycles. The lowest BCUT2D eigenvalue weighted by Crippen LogP contribution is -1.77. The van der Waals surface area contributed by atoms with Gasteiger partial charge in [0.25, 0.3) is 0 Å². The van der Waals surface area contributed by atoms with Gasteiger partial charge in [0.05, 0.1) is 6.33 Å². The van der Waals surface area contributed by atoms with E-state index in [1.54, 1.807) is 37.3 Å². The Morgan fingerprint density at radius 2 is 1.59 bits per heavy atom. The van der Waals surface area contributed by atoms with Crippen LogP contribution in [-0.4, -0.2) is 29.9 Å². The van der Waals surface area contributed by atoms with Gasteiger partial charge in [0.15, 0.2) is 0 Å². The Kier molecular flexibility index (Phi) is 6.17. The molecule has 0 fully saturated rings. The molecule has 0 amide bonds. The lowest BCUT2D eigenvalue weighted by Gasteiger charge is -1.92. The Balaban J connectivity index is 0.000000135. The van der Waals surface area contributed by atoms with Gasteiger partial charge in [-0.05, 0) is 6.92 Å². The Hall–Kier alpha value is -3.15. The number of aromatic nitrogens is 6. The largest absolute Gasteiger partial charge is 0.351 e. The molecule has 0 unspecified atom stereocenters. The van der Waals surface area contributed by atoms with Crippen LogP contribution in [0, 0.1) is 6.92 Å². The fourth-order valence-corrected chi connectivity index (χ4v) is 1.58. The highest BCUT2D eigenvalue weighted by atomic mass is 14.9. The number of hydrogen-bond acceptors (Lipinski definition) is 3. The molecule has 0 radical (unpaired) electrons. The number of aryl methyl sites for hydroxylation is 1. The van der Waals surface area contributed by atoms with Crippen LogP contribution in [0.2, 0.25) is 0 Å². The van der Waals surface area contributed by atoms with Gasteiger partial charge in [0.1, 0.15) is 11.6 Å². The summed E-state index contributed by atoms with van der Waals surface area (Å²) in [5.41, 5.74) is 1.12. The SMILES string of the molecule is Cc1ncc[nH]1.c1c[nH]cn1.c1ccc(-c2ncc[nH]2)cc1. The van der Waals surface area contributed by atoms with Crippen LogP contribution in [0.15, 0.2) is 73.8 Å². The van der Waals surface area contributed by atoms with Gasteiger partial charge >= 0.3 is 0 Å². The average molecular weight is 294 g/mol. The number of H-pyrrole nitrogens is 3. The summed E-state index contributed by atoms with van der Waals surface area (Å²) < 4.78 is 0. The molecule has 0 saturated carbocycles. The van der Waals surface area contributed by atoms with Crippen molar-refractivity contribution in [3.05, 3.63) is 79.7 Å². The minimum atomic E-state index is 0.922. The van der Waals surface area contributed by atoms with Crippen molar-refractivity contribution in [3.63, 3.8) is 0 Å². The number of aromatic amines is 3. The van der Waals surface area contributed by atoms with Gasteiger partial charge in [0, 0.05) is 42.7 Å². The third-order valence-electron chi connectivity index (χ3n) is 2.59. The zero-order chi connectivity index (χ0) is 15.5. The highest BCUT2D eigenvalue weighted by Crippen LogP contribution is 2.11. The van der Waals surface area contributed by atoms with Crippen molar-refractivity contribution in [2.75, 3.05) is 0 Å². The molecule has 0 aliphatic heterocycles. The zero-order valence-electron chi connectivity index (χ0n) is 12.3. The van der Waals surface area contributed by atoms with E-state index in [0.717, 1.165) is 17.2 Å². The lowest BCUT2D eigenvalue weighted by molar-refractivity contribution is 1.15. The van der Waals surface area contributed by atoms with E-state index < -0.39 is 0 Å². The highest BCUT2D eigenvalue weighted by Gasteiger charge is 1.94. The monoisotopic (exact) mass is 294 g/mol. The van der Waals surface area contributed by atoms with E-state index in [-0.39, 0.29) is 0 Å². The number of nitrogens with zero attached hydrogens (tertiary/aromatic N) is 3. The van der Waals surface area contributed by atoms with Crippen LogP contribution < -0.4 is 0 Å². The minimum absolute atomic E-state index is 0.922. The number of benzene rings is 1. The second-order valence-electron chi connectivity index (χ2n) is 4.24. The summed E-state index contributed by atoms with van der Waals surface area (Å²) in [5.74, 6) is 1.89. The Labute approximate surface area is 128 Å². The van der Waals surface area contributed by atoms with Gasteiger partial charge in [-0.3, -0.25) is 0 Å². The third-order valence-corrected chi connectivity index (χ3v) is 2.59. The number of imidazole rings is 3. The molecular formula is C16H18N6. The quantitative estimate of drug-likeness (QED) is 0.504. The third kappa shape index (κ3) is 5.46. The van der Waals surface area contributed by atoms with Gasteiger partial charge in [-0.25, -0.2) is 15.0 Å². The number of hydrogen-bond donors (Lipinski definition) is 3. The van der Waals surface area contributed by atoms with Crippen molar-refractivity contribution in [2.24, 2.45) is 0 Å². The van der Waals surface area contributed by atoms with E-state index in [1.807, 2.05) is 43.5 Å². The molecule has 6 heteroatoms. The van der Waals surface area contributed by atoms with Crippen LogP contribution >= 0.6 is 0 Å². The van der Waals surface area contributed by atoms with Crippen molar-refractivity contribution in [1.29, 1.82) is 0 Å². The van der Waals surface area contributed by atoms with Gasteiger partial charge < -0.3 is 15.0 Å². The molecule has 3 aromatic heterocycles. The first-order chi connectivity index (χ1) is 10.9. The molecular weight excluding hydrogens is 276 g/mol. The summed E-state index contributed by atoms with van der Waals surface area (Å²) in [6.07, 6.45) is 12.2. The van der Waals surface area contributed by atoms with Crippen molar-refractivity contribution >= 4 is 0 Å². The van der Waals surface area contributed by atoms with E-state index in [9.17, 15) is 0 Å². The van der Waals surface area contributed by atoms with Crippen LogP contribution in [0.5, 0.6) is 0 Å². The van der Waals surface area contributed by atoms with Gasteiger partial charge in [0.2, 0.25) is 0 Å². The van der Waals surface area contributed by atoms with Crippen molar-refractivity contribution in [3.8, 4) is 11.4 Å². The molecule has 6 nitrogen and oxygen atoms in total. The molecule has 22 heavy (non-hydrogen) atoms. The van der Waals surface area contributed by atoms with Gasteiger partial charge in [-0.1, -0.05) is 30.3 Å². The molecule has 3 N–H and O–H groups in total. The van der Waals surface area contributed by atoms with Crippen molar-refractivity contribution < 1.29 is 0 Å². The average Bonchev–Trinajstić information content (AvgIpc) is 3.33. The minimum Gasteiger partial charge on any atom is -0.351 e. The molecule has 4 aromatic rings. The van der Waals surface area contributed by atoms with Crippen molar-refractivity contribution in [2.45, 2.75) is 6.92 Å². The highest BCUT2D eigenvalue weighted by molar-refractivity contribution is 5.53. The summed E-state index contributed by atoms with van der Waals surface area (Å²) in [7, 11) is 0. The zero-order valence-corrected chi connectivity index (χ0v) is 12.3. The second-order valence-corrected chi connectivity index (χ2v) is 4.24. The standard InChI is InChI=1S/C9H8N2.C4H6N2.C3H4N2/c1-2-4-8(5-3-1)9-10-6-7-11-9;1-4-5-2-3-6-4;1-2-5-3-4-1/h1-7H,(H,10,11);2-3H,1H3,(H,5,6);1-3H,(H,4,5). The van der Waals surface area contributed by atoms with Crippen LogP contribution in [0.25, 0.3) is 11.4 Å². The molecule has 0 aliphatic carbocycles. The first-order valence-corrected chi connectivity index (χ1v) is 6.80. The van der Waals surface area contributed by atoms with Crippen LogP contribution in [0.4, 0.5) is 0 Å². The molecule has 0 aliphatic rings. The molecule has 0 atom stereocenters. The van der Waals surface area contributed by atoms with Crippen molar-refractivity contribution in [1.82, 2.24) is 29.9 Å². The Morgan fingerprint density at radius 1 is 0.818 bits per heavy atom. The normalized spacial score (nSPS) is 9.14. The fourth-order valence-electron chi connectivity index (χ4n) is 1.58. The van der Waals surface area contributed by atoms with E-state index >= 15 is 0 Å². The molecule has 3 heterocycles. The first kappa shape index (κ1) is 15.2. The maximum atomic E-state index is 4.13. The summed E-state index contributed by atoms with van der Waals surface area (Å²) in [5, 5.41) is 0. The Bertz CT molecular complexity index is 667. The van der Waals surface area contributed by atoms with E-state index in [0.29, 0.717) is 0 Å². The van der Waals surface area contributed by atoms with Gasteiger partial charge in [-0.15, -0.1) is 0 Å². The van der Waals surface area contributed by atoms with E-state index in [1.165, 1.54) is 0 Å². The molecule has 0 bridgehead atoms. The number of nitrogens with one attached hydrogen (secondary N) is 3. The summed E-state index contributed by atoms with van der Waals surface area (Å²) >= 11 is 0. The van der Waals surface area contributed by atoms with E-state index in [4.69, 9.17) is 0 Å². The molecule has 0 saturated heterocycles. The van der Waals surface area contributed by atoms with Gasteiger partial charge in [-0.2, -0.15) is 0 Å². The van der Waals surface area contributed by atoms with Crippen LogP contribution in [0.1, 0.15) is 5.82 Å². The van der Waals surface area contributed by atoms with E-state index in [2.05, 4.69) is 29.9 Å².